The van der Waals surface area contributed by atoms with Crippen LogP contribution in [-0.4, -0.2) is 16.6 Å². The Hall–Kier alpha value is -2.34. The third-order valence-corrected chi connectivity index (χ3v) is 3.06. The molecule has 0 aliphatic heterocycles. The predicted molar refractivity (Wildman–Crippen MR) is 75.8 cm³/mol. The standard InChI is InChI=1S/C14H17N3O3/c1-10(15)12-3-4-16(9-12)8-11-5-13(17(18)19)7-14(6-11)20-2/h3-7,9-10H,8,15H2,1-2H3. The van der Waals surface area contributed by atoms with Crippen LogP contribution in [0, 0.1) is 10.1 Å². The second-order valence-electron chi connectivity index (χ2n) is 4.70. The molecule has 1 atom stereocenters. The second kappa shape index (κ2) is 5.75. The summed E-state index contributed by atoms with van der Waals surface area (Å²) in [7, 11) is 1.49. The van der Waals surface area contributed by atoms with Crippen molar-refractivity contribution in [1.82, 2.24) is 4.57 Å². The van der Waals surface area contributed by atoms with E-state index in [1.54, 1.807) is 12.1 Å². The molecule has 0 aliphatic rings. The average Bonchev–Trinajstić information content (AvgIpc) is 2.87. The van der Waals surface area contributed by atoms with Crippen LogP contribution in [0.4, 0.5) is 5.69 Å². The Labute approximate surface area is 116 Å². The molecule has 0 radical (unpaired) electrons. The third-order valence-electron chi connectivity index (χ3n) is 3.06. The van der Waals surface area contributed by atoms with E-state index in [0.29, 0.717) is 12.3 Å². The second-order valence-corrected chi connectivity index (χ2v) is 4.70. The predicted octanol–water partition coefficient (Wildman–Crippen LogP) is 2.47. The number of rotatable bonds is 5. The smallest absolute Gasteiger partial charge is 0.273 e. The van der Waals surface area contributed by atoms with Gasteiger partial charge in [-0.15, -0.1) is 0 Å². The SMILES string of the molecule is COc1cc(Cn2ccc(C(C)N)c2)cc([N+](=O)[O-])c1. The highest BCUT2D eigenvalue weighted by Gasteiger charge is 2.11. The summed E-state index contributed by atoms with van der Waals surface area (Å²) in [5.74, 6) is 0.480. The maximum absolute atomic E-state index is 10.9. The van der Waals surface area contributed by atoms with Crippen molar-refractivity contribution < 1.29 is 9.66 Å². The largest absolute Gasteiger partial charge is 0.496 e. The molecular weight excluding hydrogens is 258 g/mol. The zero-order valence-corrected chi connectivity index (χ0v) is 11.4. The zero-order valence-electron chi connectivity index (χ0n) is 11.4. The molecule has 0 spiro atoms. The summed E-state index contributed by atoms with van der Waals surface area (Å²) in [6, 6.07) is 6.66. The molecule has 2 aromatic rings. The lowest BCUT2D eigenvalue weighted by Gasteiger charge is -2.07. The number of nitrogens with zero attached hydrogens (tertiary/aromatic N) is 2. The van der Waals surface area contributed by atoms with E-state index in [9.17, 15) is 10.1 Å². The number of hydrogen-bond donors (Lipinski definition) is 1. The van der Waals surface area contributed by atoms with Crippen LogP contribution in [0.15, 0.2) is 36.7 Å². The lowest BCUT2D eigenvalue weighted by Crippen LogP contribution is -2.04. The van der Waals surface area contributed by atoms with E-state index in [1.165, 1.54) is 13.2 Å². The lowest BCUT2D eigenvalue weighted by molar-refractivity contribution is -0.385. The Bertz CT molecular complexity index is 620. The molecule has 1 unspecified atom stereocenters. The summed E-state index contributed by atoms with van der Waals surface area (Å²) < 4.78 is 7.03. The van der Waals surface area contributed by atoms with E-state index in [1.807, 2.05) is 30.0 Å². The quantitative estimate of drug-likeness (QED) is 0.671. The number of ether oxygens (including phenoxy) is 1. The van der Waals surface area contributed by atoms with Crippen LogP contribution in [0.2, 0.25) is 0 Å². The van der Waals surface area contributed by atoms with E-state index >= 15 is 0 Å². The van der Waals surface area contributed by atoms with Gasteiger partial charge in [0, 0.05) is 31.0 Å². The summed E-state index contributed by atoms with van der Waals surface area (Å²) in [5, 5.41) is 10.9. The Kier molecular flexibility index (Phi) is 4.05. The Morgan fingerprint density at radius 1 is 1.45 bits per heavy atom. The van der Waals surface area contributed by atoms with Gasteiger partial charge in [0.15, 0.2) is 0 Å². The van der Waals surface area contributed by atoms with Gasteiger partial charge >= 0.3 is 0 Å². The molecule has 1 aromatic heterocycles. The van der Waals surface area contributed by atoms with Gasteiger partial charge in [0.25, 0.3) is 5.69 Å². The van der Waals surface area contributed by atoms with Gasteiger partial charge in [0.2, 0.25) is 0 Å². The number of aromatic nitrogens is 1. The van der Waals surface area contributed by atoms with Crippen LogP contribution < -0.4 is 10.5 Å². The van der Waals surface area contributed by atoms with Crippen molar-refractivity contribution in [3.8, 4) is 5.75 Å². The molecule has 0 saturated heterocycles. The first-order valence-corrected chi connectivity index (χ1v) is 6.23. The number of nitro benzene ring substituents is 1. The number of methoxy groups -OCH3 is 1. The maximum atomic E-state index is 10.9. The van der Waals surface area contributed by atoms with Crippen LogP contribution in [-0.2, 0) is 6.54 Å². The fourth-order valence-electron chi connectivity index (χ4n) is 2.00. The summed E-state index contributed by atoms with van der Waals surface area (Å²) in [6.45, 7) is 2.45. The van der Waals surface area contributed by atoms with E-state index in [0.717, 1.165) is 11.1 Å². The zero-order chi connectivity index (χ0) is 14.7. The normalized spacial score (nSPS) is 12.2. The van der Waals surface area contributed by atoms with Gasteiger partial charge in [-0.1, -0.05) is 0 Å². The van der Waals surface area contributed by atoms with Crippen molar-refractivity contribution in [2.75, 3.05) is 7.11 Å². The first-order valence-electron chi connectivity index (χ1n) is 6.23. The van der Waals surface area contributed by atoms with Crippen LogP contribution in [0.5, 0.6) is 5.75 Å². The van der Waals surface area contributed by atoms with Crippen molar-refractivity contribution >= 4 is 5.69 Å². The van der Waals surface area contributed by atoms with Gasteiger partial charge < -0.3 is 15.0 Å². The topological polar surface area (TPSA) is 83.3 Å². The number of non-ortho nitro benzene ring substituents is 1. The molecule has 106 valence electrons. The molecule has 0 saturated carbocycles. The molecule has 0 aliphatic carbocycles. The minimum atomic E-state index is -0.422. The summed E-state index contributed by atoms with van der Waals surface area (Å²) in [6.07, 6.45) is 3.85. The fourth-order valence-corrected chi connectivity index (χ4v) is 2.00. The molecule has 6 nitrogen and oxygen atoms in total. The van der Waals surface area contributed by atoms with Gasteiger partial charge in [-0.25, -0.2) is 0 Å². The molecule has 0 fully saturated rings. The number of nitro groups is 1. The van der Waals surface area contributed by atoms with E-state index in [-0.39, 0.29) is 11.7 Å². The van der Waals surface area contributed by atoms with Crippen molar-refractivity contribution in [2.24, 2.45) is 5.73 Å². The number of nitrogens with two attached hydrogens (primary N) is 1. The van der Waals surface area contributed by atoms with Gasteiger partial charge in [-0.2, -0.15) is 0 Å². The first kappa shape index (κ1) is 14.1. The molecule has 0 amide bonds. The summed E-state index contributed by atoms with van der Waals surface area (Å²) in [5.41, 5.74) is 7.67. The molecule has 2 N–H and O–H groups in total. The Balaban J connectivity index is 2.27. The molecule has 1 heterocycles. The minimum absolute atomic E-state index is 0.0268. The summed E-state index contributed by atoms with van der Waals surface area (Å²) in [4.78, 5) is 10.5. The molecule has 20 heavy (non-hydrogen) atoms. The highest BCUT2D eigenvalue weighted by molar-refractivity contribution is 5.43. The van der Waals surface area contributed by atoms with Crippen LogP contribution in [0.3, 0.4) is 0 Å². The fraction of sp³-hybridized carbons (Fsp3) is 0.286. The summed E-state index contributed by atoms with van der Waals surface area (Å²) >= 11 is 0. The van der Waals surface area contributed by atoms with Gasteiger partial charge in [0.1, 0.15) is 5.75 Å². The molecule has 0 bridgehead atoms. The number of hydrogen-bond acceptors (Lipinski definition) is 4. The molecule has 1 aromatic carbocycles. The first-order chi connectivity index (χ1) is 9.49. The van der Waals surface area contributed by atoms with E-state index < -0.39 is 4.92 Å². The monoisotopic (exact) mass is 275 g/mol. The Morgan fingerprint density at radius 2 is 2.20 bits per heavy atom. The van der Waals surface area contributed by atoms with Crippen molar-refractivity contribution in [3.63, 3.8) is 0 Å². The Morgan fingerprint density at radius 3 is 2.75 bits per heavy atom. The van der Waals surface area contributed by atoms with Gasteiger partial charge in [-0.3, -0.25) is 10.1 Å². The van der Waals surface area contributed by atoms with Gasteiger partial charge in [0.05, 0.1) is 18.1 Å². The molecule has 6 heteroatoms. The van der Waals surface area contributed by atoms with E-state index in [4.69, 9.17) is 10.5 Å². The molecule has 2 rings (SSSR count). The highest BCUT2D eigenvalue weighted by atomic mass is 16.6. The third kappa shape index (κ3) is 3.16. The maximum Gasteiger partial charge on any atom is 0.273 e. The average molecular weight is 275 g/mol. The highest BCUT2D eigenvalue weighted by Crippen LogP contribution is 2.23. The van der Waals surface area contributed by atoms with Crippen molar-refractivity contribution in [1.29, 1.82) is 0 Å². The van der Waals surface area contributed by atoms with Crippen LogP contribution in [0.25, 0.3) is 0 Å². The van der Waals surface area contributed by atoms with Crippen LogP contribution in [0.1, 0.15) is 24.1 Å². The lowest BCUT2D eigenvalue weighted by atomic mass is 10.2. The van der Waals surface area contributed by atoms with Crippen LogP contribution >= 0.6 is 0 Å². The van der Waals surface area contributed by atoms with Crippen molar-refractivity contribution in [3.05, 3.63) is 57.9 Å². The number of benzene rings is 1. The molecular formula is C14H17N3O3. The van der Waals surface area contributed by atoms with E-state index in [2.05, 4.69) is 0 Å². The van der Waals surface area contributed by atoms with Crippen molar-refractivity contribution in [2.45, 2.75) is 19.5 Å². The van der Waals surface area contributed by atoms with Gasteiger partial charge in [-0.05, 0) is 30.2 Å². The minimum Gasteiger partial charge on any atom is -0.496 e.